The molecule has 0 atom stereocenters. The molecule has 1 heterocycles. The van der Waals surface area contributed by atoms with E-state index in [2.05, 4.69) is 9.97 Å². The van der Waals surface area contributed by atoms with Crippen molar-refractivity contribution < 1.29 is 9.53 Å². The molecule has 4 nitrogen and oxygen atoms in total. The average Bonchev–Trinajstić information content (AvgIpc) is 2.55. The van der Waals surface area contributed by atoms with Gasteiger partial charge in [-0.1, -0.05) is 30.3 Å². The van der Waals surface area contributed by atoms with Crippen LogP contribution in [0.1, 0.15) is 32.9 Å². The average molecular weight is 306 g/mol. The molecule has 0 saturated heterocycles. The largest absolute Gasteiger partial charge is 0.456 e. The molecule has 3 aromatic rings. The maximum atomic E-state index is 12.3. The van der Waals surface area contributed by atoms with Gasteiger partial charge in [0.25, 0.3) is 0 Å². The molecular weight excluding hydrogens is 288 g/mol. The summed E-state index contributed by atoms with van der Waals surface area (Å²) in [4.78, 5) is 21.3. The van der Waals surface area contributed by atoms with Gasteiger partial charge in [-0.3, -0.25) is 0 Å². The van der Waals surface area contributed by atoms with Crippen molar-refractivity contribution in [3.05, 3.63) is 70.5 Å². The highest BCUT2D eigenvalue weighted by atomic mass is 16.5. The zero-order valence-corrected chi connectivity index (χ0v) is 13.5. The zero-order chi connectivity index (χ0) is 16.4. The van der Waals surface area contributed by atoms with Crippen molar-refractivity contribution in [2.75, 3.05) is 0 Å². The minimum absolute atomic E-state index is 0.228. The Morgan fingerprint density at radius 1 is 0.957 bits per heavy atom. The fourth-order valence-electron chi connectivity index (χ4n) is 2.38. The minimum Gasteiger partial charge on any atom is -0.456 e. The molecule has 3 rings (SSSR count). The molecule has 0 amide bonds. The van der Waals surface area contributed by atoms with Crippen molar-refractivity contribution in [2.24, 2.45) is 0 Å². The van der Waals surface area contributed by atoms with Crippen LogP contribution in [0.5, 0.6) is 0 Å². The van der Waals surface area contributed by atoms with Crippen LogP contribution in [0.15, 0.2) is 42.5 Å². The lowest BCUT2D eigenvalue weighted by Crippen LogP contribution is -2.11. The van der Waals surface area contributed by atoms with Gasteiger partial charge >= 0.3 is 5.97 Å². The third kappa shape index (κ3) is 3.21. The number of nitrogens with zero attached hydrogens (tertiary/aromatic N) is 2. The van der Waals surface area contributed by atoms with E-state index in [1.165, 1.54) is 0 Å². The van der Waals surface area contributed by atoms with Crippen molar-refractivity contribution in [2.45, 2.75) is 27.4 Å². The molecular formula is C19H18N2O2. The highest BCUT2D eigenvalue weighted by Gasteiger charge is 2.15. The lowest BCUT2D eigenvalue weighted by molar-refractivity contribution is 0.0464. The first-order valence-corrected chi connectivity index (χ1v) is 7.51. The van der Waals surface area contributed by atoms with Crippen molar-refractivity contribution in [3.63, 3.8) is 0 Å². The molecule has 23 heavy (non-hydrogen) atoms. The summed E-state index contributed by atoms with van der Waals surface area (Å²) in [5.74, 6) is -0.445. The van der Waals surface area contributed by atoms with Gasteiger partial charge in [0.15, 0.2) is 5.69 Å². The smallest absolute Gasteiger partial charge is 0.359 e. The Bertz CT molecular complexity index is 873. The Kier molecular flexibility index (Phi) is 4.06. The van der Waals surface area contributed by atoms with E-state index in [-0.39, 0.29) is 12.3 Å². The molecule has 0 aliphatic rings. The first kappa shape index (κ1) is 15.2. The summed E-state index contributed by atoms with van der Waals surface area (Å²) < 4.78 is 5.36. The highest BCUT2D eigenvalue weighted by Crippen LogP contribution is 2.18. The molecule has 2 aromatic carbocycles. The van der Waals surface area contributed by atoms with Crippen molar-refractivity contribution in [3.8, 4) is 0 Å². The number of rotatable bonds is 3. The van der Waals surface area contributed by atoms with Crippen molar-refractivity contribution in [1.82, 2.24) is 9.97 Å². The van der Waals surface area contributed by atoms with Crippen molar-refractivity contribution >= 4 is 17.0 Å². The molecule has 1 aromatic heterocycles. The second-order valence-corrected chi connectivity index (χ2v) is 5.64. The Morgan fingerprint density at radius 2 is 1.57 bits per heavy atom. The highest BCUT2D eigenvalue weighted by molar-refractivity contribution is 5.91. The van der Waals surface area contributed by atoms with E-state index in [1.807, 2.05) is 56.3 Å². The quantitative estimate of drug-likeness (QED) is 0.688. The van der Waals surface area contributed by atoms with Gasteiger partial charge in [-0.25, -0.2) is 14.8 Å². The maximum absolute atomic E-state index is 12.3. The van der Waals surface area contributed by atoms with E-state index in [1.54, 1.807) is 6.92 Å². The summed E-state index contributed by atoms with van der Waals surface area (Å²) >= 11 is 0. The lowest BCUT2D eigenvalue weighted by atomic mass is 10.1. The number of hydrogen-bond donors (Lipinski definition) is 0. The molecule has 4 heteroatoms. The van der Waals surface area contributed by atoms with Gasteiger partial charge in [0.05, 0.1) is 16.7 Å². The van der Waals surface area contributed by atoms with Gasteiger partial charge < -0.3 is 4.74 Å². The predicted octanol–water partition coefficient (Wildman–Crippen LogP) is 3.91. The Balaban J connectivity index is 1.88. The van der Waals surface area contributed by atoms with Crippen LogP contribution in [0.25, 0.3) is 11.0 Å². The zero-order valence-electron chi connectivity index (χ0n) is 13.5. The summed E-state index contributed by atoms with van der Waals surface area (Å²) in [6, 6.07) is 13.5. The van der Waals surface area contributed by atoms with E-state index in [0.29, 0.717) is 11.2 Å². The van der Waals surface area contributed by atoms with Crippen LogP contribution >= 0.6 is 0 Å². The minimum atomic E-state index is -0.445. The fourth-order valence-corrected chi connectivity index (χ4v) is 2.38. The molecule has 0 fully saturated rings. The molecule has 0 spiro atoms. The number of carbonyl (C=O) groups excluding carboxylic acids is 1. The van der Waals surface area contributed by atoms with Crippen LogP contribution in [-0.4, -0.2) is 15.9 Å². The first-order chi connectivity index (χ1) is 11.0. The van der Waals surface area contributed by atoms with E-state index >= 15 is 0 Å². The summed E-state index contributed by atoms with van der Waals surface area (Å²) in [7, 11) is 0. The Labute approximate surface area is 135 Å². The number of carbonyl (C=O) groups is 1. The molecule has 0 radical (unpaired) electrons. The molecule has 116 valence electrons. The van der Waals surface area contributed by atoms with Crippen LogP contribution in [0.2, 0.25) is 0 Å². The number of fused-ring (bicyclic) bond motifs is 1. The molecule has 0 unspecified atom stereocenters. The second kappa shape index (κ2) is 6.16. The third-order valence-corrected chi connectivity index (χ3v) is 3.86. The van der Waals surface area contributed by atoms with Gasteiger partial charge in [-0.2, -0.15) is 0 Å². The van der Waals surface area contributed by atoms with E-state index < -0.39 is 5.97 Å². The lowest BCUT2D eigenvalue weighted by Gasteiger charge is -2.09. The summed E-state index contributed by atoms with van der Waals surface area (Å²) in [6.07, 6.45) is 0. The van der Waals surface area contributed by atoms with Crippen molar-refractivity contribution in [1.29, 1.82) is 0 Å². The number of aryl methyl sites for hydroxylation is 3. The number of benzene rings is 2. The molecule has 0 aliphatic heterocycles. The predicted molar refractivity (Wildman–Crippen MR) is 89.3 cm³/mol. The van der Waals surface area contributed by atoms with Crippen LogP contribution in [-0.2, 0) is 11.3 Å². The summed E-state index contributed by atoms with van der Waals surface area (Å²) in [5, 5.41) is 0. The SMILES string of the molecule is Cc1cc2nc(C)c(C(=O)OCc3ccccc3)nc2cc1C. The van der Waals surface area contributed by atoms with Crippen LogP contribution in [0.3, 0.4) is 0 Å². The monoisotopic (exact) mass is 306 g/mol. The number of ether oxygens (including phenoxy) is 1. The van der Waals surface area contributed by atoms with Crippen LogP contribution in [0, 0.1) is 20.8 Å². The standard InChI is InChI=1S/C19H18N2O2/c1-12-9-16-17(10-13(12)2)21-18(14(3)20-16)19(22)23-11-15-7-5-4-6-8-15/h4-10H,11H2,1-3H3. The van der Waals surface area contributed by atoms with E-state index in [0.717, 1.165) is 22.2 Å². The Hall–Kier alpha value is -2.75. The Morgan fingerprint density at radius 3 is 2.22 bits per heavy atom. The van der Waals surface area contributed by atoms with E-state index in [9.17, 15) is 4.79 Å². The topological polar surface area (TPSA) is 52.1 Å². The summed E-state index contributed by atoms with van der Waals surface area (Å²) in [6.45, 7) is 6.06. The number of hydrogen-bond acceptors (Lipinski definition) is 4. The van der Waals surface area contributed by atoms with Crippen LogP contribution in [0.4, 0.5) is 0 Å². The number of aromatic nitrogens is 2. The second-order valence-electron chi connectivity index (χ2n) is 5.64. The molecule has 0 bridgehead atoms. The van der Waals surface area contributed by atoms with Gasteiger partial charge in [0.1, 0.15) is 6.61 Å². The first-order valence-electron chi connectivity index (χ1n) is 7.51. The van der Waals surface area contributed by atoms with Gasteiger partial charge in [-0.15, -0.1) is 0 Å². The molecule has 0 aliphatic carbocycles. The summed E-state index contributed by atoms with van der Waals surface area (Å²) in [5.41, 5.74) is 5.59. The molecule has 0 N–H and O–H groups in total. The van der Waals surface area contributed by atoms with Gasteiger partial charge in [0.2, 0.25) is 0 Å². The molecule has 0 saturated carbocycles. The fraction of sp³-hybridized carbons (Fsp3) is 0.211. The normalized spacial score (nSPS) is 10.7. The van der Waals surface area contributed by atoms with E-state index in [4.69, 9.17) is 4.74 Å². The third-order valence-electron chi connectivity index (χ3n) is 3.86. The van der Waals surface area contributed by atoms with Gasteiger partial charge in [0, 0.05) is 0 Å². The van der Waals surface area contributed by atoms with Crippen LogP contribution < -0.4 is 0 Å². The maximum Gasteiger partial charge on any atom is 0.359 e. The van der Waals surface area contributed by atoms with Gasteiger partial charge in [-0.05, 0) is 49.6 Å². The number of esters is 1.